The van der Waals surface area contributed by atoms with Gasteiger partial charge in [-0.05, 0) is 18.1 Å². The minimum atomic E-state index is -3.92. The molecule has 1 N–H and O–H groups in total. The zero-order chi connectivity index (χ0) is 16.5. The molecule has 1 fully saturated rings. The van der Waals surface area contributed by atoms with Crippen molar-refractivity contribution in [2.24, 2.45) is 0 Å². The van der Waals surface area contributed by atoms with Gasteiger partial charge in [-0.2, -0.15) is 4.31 Å². The molecule has 1 saturated heterocycles. The van der Waals surface area contributed by atoms with Gasteiger partial charge in [0, 0.05) is 6.54 Å². The number of benzene rings is 1. The summed E-state index contributed by atoms with van der Waals surface area (Å²) < 4.78 is 48.9. The van der Waals surface area contributed by atoms with Crippen LogP contribution < -0.4 is 0 Å². The van der Waals surface area contributed by atoms with E-state index < -0.39 is 37.6 Å². The molecule has 1 aromatic carbocycles. The third-order valence-electron chi connectivity index (χ3n) is 3.62. The maximum atomic E-state index is 12.5. The SMILES string of the molecule is Cc1ccccc1CS(=O)(=O)N1CCS(=O)(=O)CC1C(=O)O. The topological polar surface area (TPSA) is 109 Å². The second-order valence-electron chi connectivity index (χ2n) is 5.26. The van der Waals surface area contributed by atoms with Crippen LogP contribution >= 0.6 is 0 Å². The first-order chi connectivity index (χ1) is 10.1. The molecule has 1 aliphatic rings. The van der Waals surface area contributed by atoms with Gasteiger partial charge in [-0.15, -0.1) is 0 Å². The smallest absolute Gasteiger partial charge is 0.323 e. The normalized spacial score (nSPS) is 22.3. The standard InChI is InChI=1S/C13H17NO6S2/c1-10-4-2-3-5-11(10)8-22(19,20)14-6-7-21(17,18)9-12(14)13(15)16/h2-5,12H,6-9H2,1H3,(H,15,16). The van der Waals surface area contributed by atoms with Crippen LogP contribution in [0.5, 0.6) is 0 Å². The summed E-state index contributed by atoms with van der Waals surface area (Å²) in [4.78, 5) is 11.2. The van der Waals surface area contributed by atoms with E-state index in [-0.39, 0.29) is 18.1 Å². The predicted molar refractivity (Wildman–Crippen MR) is 80.6 cm³/mol. The highest BCUT2D eigenvalue weighted by Crippen LogP contribution is 2.21. The monoisotopic (exact) mass is 347 g/mol. The number of aliphatic carboxylic acids is 1. The molecule has 122 valence electrons. The minimum Gasteiger partial charge on any atom is -0.480 e. The second kappa shape index (κ2) is 5.98. The molecule has 2 rings (SSSR count). The number of carboxylic acids is 1. The number of sulfone groups is 1. The van der Waals surface area contributed by atoms with E-state index in [1.807, 2.05) is 0 Å². The number of carboxylic acid groups (broad SMARTS) is 1. The van der Waals surface area contributed by atoms with Crippen LogP contribution in [0, 0.1) is 6.92 Å². The molecular formula is C13H17NO6S2. The van der Waals surface area contributed by atoms with Crippen molar-refractivity contribution in [2.45, 2.75) is 18.7 Å². The van der Waals surface area contributed by atoms with Crippen molar-refractivity contribution < 1.29 is 26.7 Å². The summed E-state index contributed by atoms with van der Waals surface area (Å²) >= 11 is 0. The zero-order valence-corrected chi connectivity index (χ0v) is 13.6. The molecule has 0 aromatic heterocycles. The van der Waals surface area contributed by atoms with Crippen molar-refractivity contribution in [2.75, 3.05) is 18.1 Å². The largest absolute Gasteiger partial charge is 0.480 e. The van der Waals surface area contributed by atoms with E-state index in [1.54, 1.807) is 31.2 Å². The lowest BCUT2D eigenvalue weighted by Crippen LogP contribution is -2.54. The highest BCUT2D eigenvalue weighted by molar-refractivity contribution is 7.92. The van der Waals surface area contributed by atoms with E-state index in [9.17, 15) is 21.6 Å². The maximum Gasteiger partial charge on any atom is 0.323 e. The minimum absolute atomic E-state index is 0.326. The summed E-state index contributed by atoms with van der Waals surface area (Å²) in [5.74, 6) is -2.83. The van der Waals surface area contributed by atoms with E-state index in [2.05, 4.69) is 0 Å². The molecular weight excluding hydrogens is 330 g/mol. The van der Waals surface area contributed by atoms with Crippen molar-refractivity contribution in [1.82, 2.24) is 4.31 Å². The lowest BCUT2D eigenvalue weighted by molar-refractivity contribution is -0.140. The van der Waals surface area contributed by atoms with Gasteiger partial charge in [0.1, 0.15) is 6.04 Å². The Kier molecular flexibility index (Phi) is 4.59. The lowest BCUT2D eigenvalue weighted by Gasteiger charge is -2.31. The van der Waals surface area contributed by atoms with E-state index in [0.717, 1.165) is 9.87 Å². The number of rotatable bonds is 4. The summed E-state index contributed by atoms with van der Waals surface area (Å²) in [6, 6.07) is 5.34. The van der Waals surface area contributed by atoms with Gasteiger partial charge >= 0.3 is 5.97 Å². The van der Waals surface area contributed by atoms with Crippen LogP contribution in [0.1, 0.15) is 11.1 Å². The highest BCUT2D eigenvalue weighted by atomic mass is 32.2. The molecule has 0 aliphatic carbocycles. The Labute approximate surface area is 129 Å². The van der Waals surface area contributed by atoms with Crippen LogP contribution in [0.3, 0.4) is 0 Å². The maximum absolute atomic E-state index is 12.5. The van der Waals surface area contributed by atoms with Crippen LogP contribution in [0.4, 0.5) is 0 Å². The fourth-order valence-corrected chi connectivity index (χ4v) is 5.83. The van der Waals surface area contributed by atoms with Crippen LogP contribution in [-0.4, -0.2) is 56.3 Å². The van der Waals surface area contributed by atoms with Gasteiger partial charge in [0.05, 0.1) is 17.3 Å². The number of hydrogen-bond donors (Lipinski definition) is 1. The van der Waals surface area contributed by atoms with E-state index >= 15 is 0 Å². The first-order valence-corrected chi connectivity index (χ1v) is 10.0. The highest BCUT2D eigenvalue weighted by Gasteiger charge is 2.42. The van der Waals surface area contributed by atoms with Gasteiger partial charge < -0.3 is 5.11 Å². The van der Waals surface area contributed by atoms with Crippen molar-refractivity contribution in [3.63, 3.8) is 0 Å². The third-order valence-corrected chi connectivity index (χ3v) is 7.08. The predicted octanol–water partition coefficient (Wildman–Crippen LogP) is 0.00842. The molecule has 0 amide bonds. The van der Waals surface area contributed by atoms with Gasteiger partial charge in [-0.3, -0.25) is 4.79 Å². The van der Waals surface area contributed by atoms with E-state index in [1.165, 1.54) is 0 Å². The van der Waals surface area contributed by atoms with E-state index in [4.69, 9.17) is 5.11 Å². The Balaban J connectivity index is 2.32. The second-order valence-corrected chi connectivity index (χ2v) is 9.41. The Morgan fingerprint density at radius 1 is 1.36 bits per heavy atom. The fraction of sp³-hybridized carbons (Fsp3) is 0.462. The molecule has 1 aliphatic heterocycles. The summed E-state index contributed by atoms with van der Waals surface area (Å²) in [7, 11) is -7.45. The Bertz CT molecular complexity index is 785. The first-order valence-electron chi connectivity index (χ1n) is 6.60. The van der Waals surface area contributed by atoms with Crippen LogP contribution in [-0.2, 0) is 30.4 Å². The number of aryl methyl sites for hydroxylation is 1. The van der Waals surface area contributed by atoms with Crippen molar-refractivity contribution in [3.8, 4) is 0 Å². The molecule has 0 saturated carbocycles. The van der Waals surface area contributed by atoms with Crippen molar-refractivity contribution >= 4 is 25.8 Å². The van der Waals surface area contributed by atoms with Crippen LogP contribution in [0.15, 0.2) is 24.3 Å². The molecule has 22 heavy (non-hydrogen) atoms. The van der Waals surface area contributed by atoms with Crippen LogP contribution in [0.25, 0.3) is 0 Å². The molecule has 0 spiro atoms. The van der Waals surface area contributed by atoms with Crippen molar-refractivity contribution in [1.29, 1.82) is 0 Å². The molecule has 7 nitrogen and oxygen atoms in total. The zero-order valence-electron chi connectivity index (χ0n) is 12.0. The van der Waals surface area contributed by atoms with E-state index in [0.29, 0.717) is 5.56 Å². The number of carbonyl (C=O) groups is 1. The molecule has 0 radical (unpaired) electrons. The summed E-state index contributed by atoms with van der Waals surface area (Å²) in [5.41, 5.74) is 1.35. The van der Waals surface area contributed by atoms with Crippen molar-refractivity contribution in [3.05, 3.63) is 35.4 Å². The molecule has 1 aromatic rings. The van der Waals surface area contributed by atoms with Crippen LogP contribution in [0.2, 0.25) is 0 Å². The average molecular weight is 347 g/mol. The summed E-state index contributed by atoms with van der Waals surface area (Å²) in [6.07, 6.45) is 0. The number of nitrogens with zero attached hydrogens (tertiary/aromatic N) is 1. The average Bonchev–Trinajstić information content (AvgIpc) is 2.39. The summed E-state index contributed by atoms with van der Waals surface area (Å²) in [5, 5.41) is 9.15. The lowest BCUT2D eigenvalue weighted by atomic mass is 10.1. The molecule has 1 heterocycles. The Morgan fingerprint density at radius 3 is 2.59 bits per heavy atom. The molecule has 9 heteroatoms. The molecule has 1 atom stereocenters. The van der Waals surface area contributed by atoms with Gasteiger partial charge in [-0.25, -0.2) is 16.8 Å². The molecule has 1 unspecified atom stereocenters. The third kappa shape index (κ3) is 3.65. The molecule has 0 bridgehead atoms. The Hall–Kier alpha value is -1.45. The number of sulfonamides is 1. The Morgan fingerprint density at radius 2 is 2.00 bits per heavy atom. The number of hydrogen-bond acceptors (Lipinski definition) is 5. The summed E-state index contributed by atoms with van der Waals surface area (Å²) in [6.45, 7) is 1.44. The van der Waals surface area contributed by atoms with Gasteiger partial charge in [0.15, 0.2) is 9.84 Å². The fourth-order valence-electron chi connectivity index (χ4n) is 2.37. The van der Waals surface area contributed by atoms with Gasteiger partial charge in [0.2, 0.25) is 10.0 Å². The van der Waals surface area contributed by atoms with Gasteiger partial charge in [0.25, 0.3) is 0 Å². The quantitative estimate of drug-likeness (QED) is 0.822. The first kappa shape index (κ1) is 16.9. The van der Waals surface area contributed by atoms with Gasteiger partial charge in [-0.1, -0.05) is 24.3 Å².